The molecule has 0 bridgehead atoms. The maximum Gasteiger partial charge on any atom is 0.0490 e. The van der Waals surface area contributed by atoms with Gasteiger partial charge in [0.1, 0.15) is 0 Å². The third-order valence-corrected chi connectivity index (χ3v) is 2.55. The SMILES string of the molecule is CN(c1cccc(Br)c1)S(=O)[O-]. The molecule has 0 radical (unpaired) electrons. The molecule has 0 saturated carbocycles. The summed E-state index contributed by atoms with van der Waals surface area (Å²) in [4.78, 5) is 0. The van der Waals surface area contributed by atoms with Crippen molar-refractivity contribution in [3.8, 4) is 0 Å². The molecular formula is C7H7BrNO2S-. The van der Waals surface area contributed by atoms with Gasteiger partial charge in [-0.2, -0.15) is 0 Å². The van der Waals surface area contributed by atoms with Gasteiger partial charge in [-0.1, -0.05) is 22.0 Å². The van der Waals surface area contributed by atoms with Crippen LogP contribution in [0.2, 0.25) is 0 Å². The van der Waals surface area contributed by atoms with Crippen LogP contribution >= 0.6 is 15.9 Å². The Morgan fingerprint density at radius 1 is 1.58 bits per heavy atom. The predicted molar refractivity (Wildman–Crippen MR) is 51.5 cm³/mol. The minimum Gasteiger partial charge on any atom is -0.755 e. The van der Waals surface area contributed by atoms with Gasteiger partial charge in [-0.05, 0) is 18.2 Å². The average Bonchev–Trinajstić information content (AvgIpc) is 2.03. The van der Waals surface area contributed by atoms with E-state index in [4.69, 9.17) is 0 Å². The van der Waals surface area contributed by atoms with E-state index in [2.05, 4.69) is 15.9 Å². The molecule has 0 fully saturated rings. The summed E-state index contributed by atoms with van der Waals surface area (Å²) in [5.41, 5.74) is 0.637. The van der Waals surface area contributed by atoms with Crippen molar-refractivity contribution in [1.82, 2.24) is 0 Å². The summed E-state index contributed by atoms with van der Waals surface area (Å²) in [6.45, 7) is 0. The largest absolute Gasteiger partial charge is 0.755 e. The Morgan fingerprint density at radius 2 is 2.25 bits per heavy atom. The second-order valence-electron chi connectivity index (χ2n) is 2.19. The number of rotatable bonds is 2. The summed E-state index contributed by atoms with van der Waals surface area (Å²) in [6.07, 6.45) is 0. The molecule has 0 aliphatic heterocycles. The van der Waals surface area contributed by atoms with Crippen molar-refractivity contribution in [2.24, 2.45) is 0 Å². The molecule has 1 rings (SSSR count). The number of halogens is 1. The minimum atomic E-state index is -2.21. The van der Waals surface area contributed by atoms with Crippen LogP contribution in [0, 0.1) is 0 Å². The second kappa shape index (κ2) is 4.02. The third kappa shape index (κ3) is 2.30. The Morgan fingerprint density at radius 3 is 2.75 bits per heavy atom. The molecule has 66 valence electrons. The fraction of sp³-hybridized carbons (Fsp3) is 0.143. The third-order valence-electron chi connectivity index (χ3n) is 1.40. The first-order chi connectivity index (χ1) is 5.61. The first-order valence-corrected chi connectivity index (χ1v) is 5.02. The lowest BCUT2D eigenvalue weighted by Gasteiger charge is -2.20. The smallest absolute Gasteiger partial charge is 0.0490 e. The van der Waals surface area contributed by atoms with E-state index in [0.29, 0.717) is 5.69 Å². The van der Waals surface area contributed by atoms with Crippen molar-refractivity contribution in [3.05, 3.63) is 28.7 Å². The summed E-state index contributed by atoms with van der Waals surface area (Å²) >= 11 is 1.04. The first-order valence-electron chi connectivity index (χ1n) is 3.20. The van der Waals surface area contributed by atoms with E-state index in [0.717, 1.165) is 8.78 Å². The summed E-state index contributed by atoms with van der Waals surface area (Å²) in [6, 6.07) is 7.07. The zero-order chi connectivity index (χ0) is 9.14. The molecule has 0 N–H and O–H groups in total. The molecule has 0 amide bonds. The van der Waals surface area contributed by atoms with Crippen LogP contribution in [0.25, 0.3) is 0 Å². The predicted octanol–water partition coefficient (Wildman–Crippen LogP) is 1.68. The Hall–Kier alpha value is -0.390. The summed E-state index contributed by atoms with van der Waals surface area (Å²) in [5, 5.41) is 0. The highest BCUT2D eigenvalue weighted by Gasteiger charge is 1.99. The zero-order valence-electron chi connectivity index (χ0n) is 6.36. The van der Waals surface area contributed by atoms with E-state index in [1.807, 2.05) is 6.07 Å². The van der Waals surface area contributed by atoms with Crippen LogP contribution in [-0.4, -0.2) is 15.8 Å². The highest BCUT2D eigenvalue weighted by atomic mass is 79.9. The van der Waals surface area contributed by atoms with Crippen molar-refractivity contribution >= 4 is 32.9 Å². The average molecular weight is 249 g/mol. The number of hydrogen-bond donors (Lipinski definition) is 0. The van der Waals surface area contributed by atoms with E-state index in [1.165, 1.54) is 7.05 Å². The van der Waals surface area contributed by atoms with E-state index < -0.39 is 11.3 Å². The Bertz CT molecular complexity index is 305. The van der Waals surface area contributed by atoms with Crippen LogP contribution in [0.3, 0.4) is 0 Å². The minimum absolute atomic E-state index is 0.637. The highest BCUT2D eigenvalue weighted by molar-refractivity contribution is 9.10. The van der Waals surface area contributed by atoms with Gasteiger partial charge in [0.15, 0.2) is 0 Å². The van der Waals surface area contributed by atoms with Gasteiger partial charge in [0.05, 0.1) is 0 Å². The second-order valence-corrected chi connectivity index (χ2v) is 4.09. The molecule has 0 saturated heterocycles. The van der Waals surface area contributed by atoms with E-state index in [9.17, 15) is 8.76 Å². The number of hydrogen-bond acceptors (Lipinski definition) is 2. The molecule has 1 atom stereocenters. The first kappa shape index (κ1) is 9.70. The van der Waals surface area contributed by atoms with Crippen molar-refractivity contribution in [1.29, 1.82) is 0 Å². The Balaban J connectivity index is 2.95. The molecule has 0 aromatic heterocycles. The quantitative estimate of drug-likeness (QED) is 0.748. The maximum absolute atomic E-state index is 10.5. The molecule has 0 spiro atoms. The summed E-state index contributed by atoms with van der Waals surface area (Å²) < 4.78 is 23.1. The van der Waals surface area contributed by atoms with Gasteiger partial charge in [0, 0.05) is 28.5 Å². The molecule has 0 aliphatic carbocycles. The molecule has 5 heteroatoms. The Labute approximate surface area is 81.9 Å². The number of nitrogens with zero attached hydrogens (tertiary/aromatic N) is 1. The van der Waals surface area contributed by atoms with Gasteiger partial charge in [-0.3, -0.25) is 4.21 Å². The highest BCUT2D eigenvalue weighted by Crippen LogP contribution is 2.19. The zero-order valence-corrected chi connectivity index (χ0v) is 8.76. The molecule has 0 heterocycles. The number of anilines is 1. The molecular weight excluding hydrogens is 242 g/mol. The van der Waals surface area contributed by atoms with Crippen LogP contribution < -0.4 is 4.31 Å². The van der Waals surface area contributed by atoms with Gasteiger partial charge in [0.2, 0.25) is 0 Å². The fourth-order valence-electron chi connectivity index (χ4n) is 0.758. The van der Waals surface area contributed by atoms with Crippen LogP contribution in [0.4, 0.5) is 5.69 Å². The van der Waals surface area contributed by atoms with Crippen LogP contribution in [0.15, 0.2) is 28.7 Å². The van der Waals surface area contributed by atoms with Gasteiger partial charge < -0.3 is 8.86 Å². The summed E-state index contributed by atoms with van der Waals surface area (Å²) in [5.74, 6) is 0. The lowest BCUT2D eigenvalue weighted by Crippen LogP contribution is -2.19. The van der Waals surface area contributed by atoms with E-state index in [-0.39, 0.29) is 0 Å². The molecule has 1 unspecified atom stereocenters. The van der Waals surface area contributed by atoms with Gasteiger partial charge in [-0.15, -0.1) is 0 Å². The van der Waals surface area contributed by atoms with Crippen molar-refractivity contribution < 1.29 is 8.76 Å². The molecule has 1 aromatic carbocycles. The van der Waals surface area contributed by atoms with E-state index >= 15 is 0 Å². The standard InChI is InChI=1S/C7H8BrNO2S/c1-9(12(10)11)7-4-2-3-6(8)5-7/h2-5H,1H3,(H,10,11)/p-1. The van der Waals surface area contributed by atoms with Crippen molar-refractivity contribution in [3.63, 3.8) is 0 Å². The van der Waals surface area contributed by atoms with Crippen molar-refractivity contribution in [2.45, 2.75) is 0 Å². The molecule has 3 nitrogen and oxygen atoms in total. The van der Waals surface area contributed by atoms with Crippen LogP contribution in [0.1, 0.15) is 0 Å². The van der Waals surface area contributed by atoms with Crippen LogP contribution in [0.5, 0.6) is 0 Å². The van der Waals surface area contributed by atoms with Gasteiger partial charge in [0.25, 0.3) is 0 Å². The molecule has 0 aliphatic rings. The number of benzene rings is 1. The van der Waals surface area contributed by atoms with Gasteiger partial charge >= 0.3 is 0 Å². The Kier molecular flexibility index (Phi) is 3.25. The topological polar surface area (TPSA) is 43.4 Å². The van der Waals surface area contributed by atoms with Crippen LogP contribution in [-0.2, 0) is 11.3 Å². The molecule has 1 aromatic rings. The van der Waals surface area contributed by atoms with Gasteiger partial charge in [-0.25, -0.2) is 0 Å². The molecule has 12 heavy (non-hydrogen) atoms. The lowest BCUT2D eigenvalue weighted by molar-refractivity contribution is 0.535. The normalized spacial score (nSPS) is 12.6. The monoisotopic (exact) mass is 248 g/mol. The summed E-state index contributed by atoms with van der Waals surface area (Å²) in [7, 11) is 1.49. The fourth-order valence-corrected chi connectivity index (χ4v) is 1.43. The lowest BCUT2D eigenvalue weighted by atomic mass is 10.3. The maximum atomic E-state index is 10.5. The van der Waals surface area contributed by atoms with E-state index in [1.54, 1.807) is 18.2 Å². The van der Waals surface area contributed by atoms with Crippen molar-refractivity contribution in [2.75, 3.05) is 11.4 Å².